The Balaban J connectivity index is 2.68. The highest BCUT2D eigenvalue weighted by molar-refractivity contribution is 5.74. The van der Waals surface area contributed by atoms with E-state index in [1.165, 1.54) is 0 Å². The van der Waals surface area contributed by atoms with Crippen LogP contribution in [0.4, 0.5) is 0 Å². The number of nitrogens with one attached hydrogen (secondary N) is 1. The third kappa shape index (κ3) is 1.78. The predicted molar refractivity (Wildman–Crippen MR) is 47.1 cm³/mol. The second-order valence-electron chi connectivity index (χ2n) is 3.54. The molecular weight excluding hydrogens is 154 g/mol. The van der Waals surface area contributed by atoms with Crippen molar-refractivity contribution in [2.75, 3.05) is 13.1 Å². The Morgan fingerprint density at radius 1 is 1.50 bits per heavy atom. The predicted octanol–water partition coefficient (Wildman–Crippen LogP) is 1.24. The van der Waals surface area contributed by atoms with Crippen LogP contribution >= 0.6 is 0 Å². The van der Waals surface area contributed by atoms with Gasteiger partial charge in [0.1, 0.15) is 0 Å². The van der Waals surface area contributed by atoms with Gasteiger partial charge >= 0.3 is 5.97 Å². The fraction of sp³-hybridized carbons (Fsp3) is 0.889. The fourth-order valence-corrected chi connectivity index (χ4v) is 1.85. The van der Waals surface area contributed by atoms with E-state index in [-0.39, 0.29) is 0 Å². The molecular formula is C9H17NO2. The van der Waals surface area contributed by atoms with Crippen LogP contribution in [0.1, 0.15) is 32.6 Å². The molecule has 1 heterocycles. The van der Waals surface area contributed by atoms with E-state index in [4.69, 9.17) is 5.11 Å². The van der Waals surface area contributed by atoms with Gasteiger partial charge in [0.25, 0.3) is 0 Å². The molecule has 70 valence electrons. The fourth-order valence-electron chi connectivity index (χ4n) is 1.85. The minimum absolute atomic E-state index is 0.441. The number of carboxylic acids is 1. The second-order valence-corrected chi connectivity index (χ2v) is 3.54. The topological polar surface area (TPSA) is 49.3 Å². The van der Waals surface area contributed by atoms with Crippen LogP contribution in [0.25, 0.3) is 0 Å². The summed E-state index contributed by atoms with van der Waals surface area (Å²) in [4.78, 5) is 11.0. The maximum Gasteiger partial charge on any atom is 0.309 e. The standard InChI is InChI=1S/C9H17NO2/c1-2-9(8(11)12)4-3-6-10-7-5-9/h10H,2-7H2,1H3,(H,11,12). The lowest BCUT2D eigenvalue weighted by Gasteiger charge is -2.25. The monoisotopic (exact) mass is 171 g/mol. The normalized spacial score (nSPS) is 31.1. The molecule has 3 heteroatoms. The SMILES string of the molecule is CCC1(C(=O)O)CCCNCC1. The van der Waals surface area contributed by atoms with Gasteiger partial charge < -0.3 is 10.4 Å². The summed E-state index contributed by atoms with van der Waals surface area (Å²) < 4.78 is 0. The zero-order valence-corrected chi connectivity index (χ0v) is 7.60. The van der Waals surface area contributed by atoms with E-state index in [0.717, 1.165) is 38.8 Å². The molecule has 1 atom stereocenters. The molecule has 1 unspecified atom stereocenters. The van der Waals surface area contributed by atoms with E-state index in [1.54, 1.807) is 0 Å². The summed E-state index contributed by atoms with van der Waals surface area (Å²) >= 11 is 0. The number of hydrogen-bond acceptors (Lipinski definition) is 2. The first-order valence-corrected chi connectivity index (χ1v) is 4.65. The molecule has 1 aliphatic heterocycles. The lowest BCUT2D eigenvalue weighted by Crippen LogP contribution is -2.31. The van der Waals surface area contributed by atoms with Crippen LogP contribution < -0.4 is 5.32 Å². The van der Waals surface area contributed by atoms with Crippen molar-refractivity contribution in [1.82, 2.24) is 5.32 Å². The van der Waals surface area contributed by atoms with Crippen molar-refractivity contribution in [1.29, 1.82) is 0 Å². The van der Waals surface area contributed by atoms with Gasteiger partial charge in [-0.2, -0.15) is 0 Å². The van der Waals surface area contributed by atoms with Crippen molar-refractivity contribution in [3.8, 4) is 0 Å². The molecule has 0 amide bonds. The summed E-state index contributed by atoms with van der Waals surface area (Å²) in [7, 11) is 0. The van der Waals surface area contributed by atoms with Gasteiger partial charge in [0.2, 0.25) is 0 Å². The quantitative estimate of drug-likeness (QED) is 0.657. The van der Waals surface area contributed by atoms with Crippen LogP contribution in [0.15, 0.2) is 0 Å². The number of carbonyl (C=O) groups is 1. The molecule has 0 bridgehead atoms. The highest BCUT2D eigenvalue weighted by Crippen LogP contribution is 2.33. The molecule has 1 rings (SSSR count). The molecule has 1 fully saturated rings. The molecule has 0 aromatic rings. The van der Waals surface area contributed by atoms with Gasteiger partial charge in [-0.3, -0.25) is 4.79 Å². The highest BCUT2D eigenvalue weighted by atomic mass is 16.4. The van der Waals surface area contributed by atoms with Gasteiger partial charge in [0.15, 0.2) is 0 Å². The van der Waals surface area contributed by atoms with Gasteiger partial charge in [-0.05, 0) is 38.8 Å². The molecule has 3 nitrogen and oxygen atoms in total. The third-order valence-corrected chi connectivity index (χ3v) is 2.92. The third-order valence-electron chi connectivity index (χ3n) is 2.92. The number of rotatable bonds is 2. The first-order chi connectivity index (χ1) is 5.71. The van der Waals surface area contributed by atoms with Crippen LogP contribution in [0.5, 0.6) is 0 Å². The van der Waals surface area contributed by atoms with E-state index in [0.29, 0.717) is 0 Å². The average Bonchev–Trinajstić information content (AvgIpc) is 2.29. The summed E-state index contributed by atoms with van der Waals surface area (Å²) in [6, 6.07) is 0. The summed E-state index contributed by atoms with van der Waals surface area (Å²) in [6.45, 7) is 3.79. The lowest BCUT2D eigenvalue weighted by atomic mass is 9.78. The maximum absolute atomic E-state index is 11.0. The smallest absolute Gasteiger partial charge is 0.309 e. The summed E-state index contributed by atoms with van der Waals surface area (Å²) in [5.74, 6) is -0.617. The molecule has 0 aromatic carbocycles. The van der Waals surface area contributed by atoms with E-state index in [9.17, 15) is 4.79 Å². The number of aliphatic carboxylic acids is 1. The Kier molecular flexibility index (Phi) is 3.09. The van der Waals surface area contributed by atoms with Crippen molar-refractivity contribution in [2.24, 2.45) is 5.41 Å². The Bertz CT molecular complexity index is 160. The van der Waals surface area contributed by atoms with Crippen molar-refractivity contribution >= 4 is 5.97 Å². The molecule has 1 aliphatic rings. The van der Waals surface area contributed by atoms with Gasteiger partial charge in [-0.1, -0.05) is 6.92 Å². The first kappa shape index (κ1) is 9.52. The minimum atomic E-state index is -0.617. The molecule has 0 saturated carbocycles. The zero-order valence-electron chi connectivity index (χ0n) is 7.60. The molecule has 1 saturated heterocycles. The van der Waals surface area contributed by atoms with Crippen molar-refractivity contribution in [2.45, 2.75) is 32.6 Å². The molecule has 0 aliphatic carbocycles. The molecule has 12 heavy (non-hydrogen) atoms. The Morgan fingerprint density at radius 2 is 2.25 bits per heavy atom. The van der Waals surface area contributed by atoms with Crippen LogP contribution in [0.3, 0.4) is 0 Å². The van der Waals surface area contributed by atoms with E-state index < -0.39 is 11.4 Å². The average molecular weight is 171 g/mol. The molecule has 0 radical (unpaired) electrons. The summed E-state index contributed by atoms with van der Waals surface area (Å²) in [6.07, 6.45) is 3.34. The van der Waals surface area contributed by atoms with Gasteiger partial charge in [-0.25, -0.2) is 0 Å². The van der Waals surface area contributed by atoms with Crippen molar-refractivity contribution in [3.05, 3.63) is 0 Å². The molecule has 2 N–H and O–H groups in total. The van der Waals surface area contributed by atoms with Gasteiger partial charge in [-0.15, -0.1) is 0 Å². The summed E-state index contributed by atoms with van der Waals surface area (Å²) in [5.41, 5.74) is -0.441. The van der Waals surface area contributed by atoms with Crippen molar-refractivity contribution in [3.63, 3.8) is 0 Å². The van der Waals surface area contributed by atoms with Crippen LogP contribution in [-0.2, 0) is 4.79 Å². The Hall–Kier alpha value is -0.570. The van der Waals surface area contributed by atoms with Crippen LogP contribution in [-0.4, -0.2) is 24.2 Å². The molecule has 0 spiro atoms. The van der Waals surface area contributed by atoms with Crippen molar-refractivity contribution < 1.29 is 9.90 Å². The van der Waals surface area contributed by atoms with Crippen LogP contribution in [0.2, 0.25) is 0 Å². The number of carboxylic acid groups (broad SMARTS) is 1. The maximum atomic E-state index is 11.0. The summed E-state index contributed by atoms with van der Waals surface area (Å²) in [5, 5.41) is 12.3. The molecule has 0 aromatic heterocycles. The largest absolute Gasteiger partial charge is 0.481 e. The number of hydrogen-bond donors (Lipinski definition) is 2. The minimum Gasteiger partial charge on any atom is -0.481 e. The second kappa shape index (κ2) is 3.90. The van der Waals surface area contributed by atoms with E-state index in [1.807, 2.05) is 6.92 Å². The lowest BCUT2D eigenvalue weighted by molar-refractivity contribution is -0.149. The Morgan fingerprint density at radius 3 is 2.83 bits per heavy atom. The first-order valence-electron chi connectivity index (χ1n) is 4.65. The van der Waals surface area contributed by atoms with Gasteiger partial charge in [0.05, 0.1) is 5.41 Å². The van der Waals surface area contributed by atoms with Crippen LogP contribution in [0, 0.1) is 5.41 Å². The van der Waals surface area contributed by atoms with E-state index >= 15 is 0 Å². The van der Waals surface area contributed by atoms with Gasteiger partial charge in [0, 0.05) is 0 Å². The zero-order chi connectivity index (χ0) is 9.03. The van der Waals surface area contributed by atoms with E-state index in [2.05, 4.69) is 5.32 Å². The Labute approximate surface area is 73.2 Å². The highest BCUT2D eigenvalue weighted by Gasteiger charge is 2.36.